The number of urea groups is 1. The molecule has 132 valence electrons. The molecule has 1 fully saturated rings. The zero-order valence-corrected chi connectivity index (χ0v) is 16.5. The third-order valence-electron chi connectivity index (χ3n) is 4.23. The summed E-state index contributed by atoms with van der Waals surface area (Å²) in [5.41, 5.74) is 1.32. The highest BCUT2D eigenvalue weighted by atomic mass is 32.2. The minimum absolute atomic E-state index is 0.0261. The quantitative estimate of drug-likeness (QED) is 0.551. The number of barbiturate groups is 1. The Hall–Kier alpha value is -1.73. The molecule has 0 saturated carbocycles. The lowest BCUT2D eigenvalue weighted by atomic mass is 9.87. The second kappa shape index (κ2) is 6.21. The standard InChI is InChI=1S/C18H20N2O3S2/c1-6-20-15(22)13(14(21)19(5)17(20)23)16-24-11-8-7-10(18(2,3)4)9-12(11)25-16/h7-9H,6H2,1-5H3/b16-13+. The molecule has 1 saturated heterocycles. The smallest absolute Gasteiger partial charge is 0.268 e. The van der Waals surface area contributed by atoms with Crippen molar-refractivity contribution in [2.75, 3.05) is 13.6 Å². The van der Waals surface area contributed by atoms with Gasteiger partial charge in [0.05, 0.1) is 4.24 Å². The summed E-state index contributed by atoms with van der Waals surface area (Å²) >= 11 is 2.85. The molecule has 4 amide bonds. The van der Waals surface area contributed by atoms with Crippen LogP contribution in [0.3, 0.4) is 0 Å². The van der Waals surface area contributed by atoms with Crippen LogP contribution in [0.2, 0.25) is 0 Å². The van der Waals surface area contributed by atoms with E-state index in [-0.39, 0.29) is 17.5 Å². The summed E-state index contributed by atoms with van der Waals surface area (Å²) in [7, 11) is 1.41. The Labute approximate surface area is 155 Å². The number of fused-ring (bicyclic) bond motifs is 1. The van der Waals surface area contributed by atoms with E-state index in [4.69, 9.17) is 0 Å². The molecule has 2 aliphatic rings. The molecule has 2 heterocycles. The van der Waals surface area contributed by atoms with Gasteiger partial charge in [-0.15, -0.1) is 0 Å². The number of rotatable bonds is 1. The van der Waals surface area contributed by atoms with E-state index >= 15 is 0 Å². The predicted octanol–water partition coefficient (Wildman–Crippen LogP) is 3.83. The molecule has 0 spiro atoms. The molecule has 0 radical (unpaired) electrons. The molecular formula is C18H20N2O3S2. The third kappa shape index (κ3) is 3.00. The summed E-state index contributed by atoms with van der Waals surface area (Å²) in [4.78, 5) is 41.5. The summed E-state index contributed by atoms with van der Waals surface area (Å²) in [5, 5.41) is 0. The van der Waals surface area contributed by atoms with E-state index in [9.17, 15) is 14.4 Å². The second-order valence-corrected chi connectivity index (χ2v) is 9.34. The molecule has 3 rings (SSSR count). The van der Waals surface area contributed by atoms with Gasteiger partial charge in [-0.05, 0) is 30.0 Å². The monoisotopic (exact) mass is 376 g/mol. The van der Waals surface area contributed by atoms with Crippen molar-refractivity contribution in [3.05, 3.63) is 33.6 Å². The maximum Gasteiger partial charge on any atom is 0.333 e. The van der Waals surface area contributed by atoms with Crippen molar-refractivity contribution in [1.29, 1.82) is 0 Å². The van der Waals surface area contributed by atoms with Gasteiger partial charge in [0, 0.05) is 23.4 Å². The molecule has 7 heteroatoms. The van der Waals surface area contributed by atoms with Gasteiger partial charge < -0.3 is 0 Å². The molecule has 0 aliphatic carbocycles. The zero-order valence-electron chi connectivity index (χ0n) is 14.9. The second-order valence-electron chi connectivity index (χ2n) is 6.97. The number of nitrogens with zero attached hydrogens (tertiary/aromatic N) is 2. The van der Waals surface area contributed by atoms with E-state index in [1.807, 2.05) is 6.07 Å². The van der Waals surface area contributed by atoms with Crippen molar-refractivity contribution in [1.82, 2.24) is 9.80 Å². The van der Waals surface area contributed by atoms with Crippen LogP contribution in [0.1, 0.15) is 33.3 Å². The van der Waals surface area contributed by atoms with Crippen molar-refractivity contribution in [3.8, 4) is 0 Å². The van der Waals surface area contributed by atoms with Crippen molar-refractivity contribution in [2.45, 2.75) is 42.9 Å². The topological polar surface area (TPSA) is 57.7 Å². The lowest BCUT2D eigenvalue weighted by Gasteiger charge is -2.31. The predicted molar refractivity (Wildman–Crippen MR) is 99.4 cm³/mol. The van der Waals surface area contributed by atoms with Crippen LogP contribution in [-0.4, -0.2) is 41.2 Å². The Morgan fingerprint density at radius 3 is 2.24 bits per heavy atom. The summed E-state index contributed by atoms with van der Waals surface area (Å²) in [6.07, 6.45) is 0. The Morgan fingerprint density at radius 1 is 1.00 bits per heavy atom. The van der Waals surface area contributed by atoms with Crippen LogP contribution in [0.5, 0.6) is 0 Å². The van der Waals surface area contributed by atoms with Gasteiger partial charge in [0.15, 0.2) is 0 Å². The van der Waals surface area contributed by atoms with Gasteiger partial charge in [0.2, 0.25) is 0 Å². The van der Waals surface area contributed by atoms with Crippen LogP contribution in [0.25, 0.3) is 0 Å². The highest BCUT2D eigenvalue weighted by molar-refractivity contribution is 8.24. The maximum absolute atomic E-state index is 12.7. The molecule has 0 aromatic heterocycles. The normalized spacial score (nSPS) is 21.2. The number of hydrogen-bond donors (Lipinski definition) is 0. The van der Waals surface area contributed by atoms with Gasteiger partial charge in [-0.25, -0.2) is 4.79 Å². The number of imide groups is 2. The van der Waals surface area contributed by atoms with E-state index in [0.717, 1.165) is 19.6 Å². The largest absolute Gasteiger partial charge is 0.333 e. The Morgan fingerprint density at radius 2 is 1.64 bits per heavy atom. The summed E-state index contributed by atoms with van der Waals surface area (Å²) in [6, 6.07) is 5.66. The molecular weight excluding hydrogens is 356 g/mol. The summed E-state index contributed by atoms with van der Waals surface area (Å²) in [5.74, 6) is -1.03. The number of carbonyl (C=O) groups is 3. The molecule has 0 N–H and O–H groups in total. The number of thioether (sulfide) groups is 2. The number of hydrogen-bond acceptors (Lipinski definition) is 5. The van der Waals surface area contributed by atoms with Crippen LogP contribution in [0.4, 0.5) is 4.79 Å². The van der Waals surface area contributed by atoms with Gasteiger partial charge in [-0.1, -0.05) is 50.4 Å². The van der Waals surface area contributed by atoms with E-state index in [0.29, 0.717) is 4.24 Å². The van der Waals surface area contributed by atoms with E-state index in [1.165, 1.54) is 36.1 Å². The molecule has 5 nitrogen and oxygen atoms in total. The Kier molecular flexibility index (Phi) is 4.49. The highest BCUT2D eigenvalue weighted by Gasteiger charge is 2.42. The maximum atomic E-state index is 12.7. The molecule has 1 aromatic carbocycles. The first-order valence-corrected chi connectivity index (χ1v) is 9.66. The molecule has 0 atom stereocenters. The number of likely N-dealkylation sites (N-methyl/N-ethyl adjacent to an activating group) is 2. The summed E-state index contributed by atoms with van der Waals surface area (Å²) < 4.78 is 0.647. The van der Waals surface area contributed by atoms with Crippen LogP contribution >= 0.6 is 23.5 Å². The van der Waals surface area contributed by atoms with Gasteiger partial charge in [0.25, 0.3) is 11.8 Å². The number of amides is 4. The van der Waals surface area contributed by atoms with Crippen molar-refractivity contribution < 1.29 is 14.4 Å². The zero-order chi connectivity index (χ0) is 18.5. The average molecular weight is 377 g/mol. The first-order chi connectivity index (χ1) is 11.6. The minimum atomic E-state index is -0.567. The first kappa shape index (κ1) is 18.1. The van der Waals surface area contributed by atoms with Crippen molar-refractivity contribution in [3.63, 3.8) is 0 Å². The molecule has 0 bridgehead atoms. The van der Waals surface area contributed by atoms with Crippen molar-refractivity contribution in [2.24, 2.45) is 0 Å². The highest BCUT2D eigenvalue weighted by Crippen LogP contribution is 2.53. The molecule has 2 aliphatic heterocycles. The lowest BCUT2D eigenvalue weighted by Crippen LogP contribution is -2.54. The fraction of sp³-hybridized carbons (Fsp3) is 0.389. The lowest BCUT2D eigenvalue weighted by molar-refractivity contribution is -0.134. The minimum Gasteiger partial charge on any atom is -0.268 e. The van der Waals surface area contributed by atoms with Gasteiger partial charge >= 0.3 is 6.03 Å². The average Bonchev–Trinajstić information content (AvgIpc) is 2.95. The Bertz CT molecular complexity index is 824. The van der Waals surface area contributed by atoms with Crippen LogP contribution in [0.15, 0.2) is 37.8 Å². The van der Waals surface area contributed by atoms with E-state index < -0.39 is 17.8 Å². The molecule has 1 aromatic rings. The van der Waals surface area contributed by atoms with Gasteiger partial charge in [-0.2, -0.15) is 0 Å². The fourth-order valence-corrected chi connectivity index (χ4v) is 5.22. The van der Waals surface area contributed by atoms with Crippen LogP contribution in [0, 0.1) is 0 Å². The van der Waals surface area contributed by atoms with Crippen molar-refractivity contribution >= 4 is 41.4 Å². The van der Waals surface area contributed by atoms with Gasteiger partial charge in [0.1, 0.15) is 5.57 Å². The SMILES string of the molecule is CCN1C(=O)/C(=C2\Sc3ccc(C(C)(C)C)cc3S2)C(=O)N(C)C1=O. The number of benzene rings is 1. The number of carbonyl (C=O) groups excluding carboxylic acids is 3. The van der Waals surface area contributed by atoms with Gasteiger partial charge in [-0.3, -0.25) is 19.4 Å². The molecule has 0 unspecified atom stereocenters. The Balaban J connectivity index is 2.02. The molecule has 25 heavy (non-hydrogen) atoms. The van der Waals surface area contributed by atoms with E-state index in [1.54, 1.807) is 6.92 Å². The van der Waals surface area contributed by atoms with Crippen LogP contribution < -0.4 is 0 Å². The fourth-order valence-electron chi connectivity index (χ4n) is 2.66. The van der Waals surface area contributed by atoms with Crippen LogP contribution in [-0.2, 0) is 15.0 Å². The summed E-state index contributed by atoms with van der Waals surface area (Å²) in [6.45, 7) is 8.40. The van der Waals surface area contributed by atoms with E-state index in [2.05, 4.69) is 32.9 Å². The third-order valence-corrected chi connectivity index (χ3v) is 6.77. The first-order valence-electron chi connectivity index (χ1n) is 8.03.